The standard InChI is InChI=1S/C15H12N2O2/c1-18-14-7-3-2-6-12(14)13-9-15(19-17-13)11-5-4-8-16-10-11/h2-10H,1H3. The van der Waals surface area contributed by atoms with Crippen LogP contribution in [0.25, 0.3) is 22.6 Å². The Hall–Kier alpha value is -2.62. The van der Waals surface area contributed by atoms with Gasteiger partial charge in [-0.2, -0.15) is 0 Å². The summed E-state index contributed by atoms with van der Waals surface area (Å²) >= 11 is 0. The molecule has 0 radical (unpaired) electrons. The van der Waals surface area contributed by atoms with Gasteiger partial charge in [-0.3, -0.25) is 4.98 Å². The van der Waals surface area contributed by atoms with E-state index in [1.807, 2.05) is 42.5 Å². The van der Waals surface area contributed by atoms with Crippen LogP contribution in [0.5, 0.6) is 5.75 Å². The molecule has 0 saturated carbocycles. The highest BCUT2D eigenvalue weighted by Crippen LogP contribution is 2.31. The Labute approximate surface area is 110 Å². The lowest BCUT2D eigenvalue weighted by Crippen LogP contribution is -1.86. The first-order valence-electron chi connectivity index (χ1n) is 5.89. The number of hydrogen-bond donors (Lipinski definition) is 0. The molecule has 4 nitrogen and oxygen atoms in total. The van der Waals surface area contributed by atoms with Gasteiger partial charge >= 0.3 is 0 Å². The van der Waals surface area contributed by atoms with Crippen LogP contribution in [-0.4, -0.2) is 17.3 Å². The minimum Gasteiger partial charge on any atom is -0.496 e. The molecule has 0 unspecified atom stereocenters. The third kappa shape index (κ3) is 2.20. The molecule has 0 amide bonds. The number of rotatable bonds is 3. The van der Waals surface area contributed by atoms with Crippen molar-refractivity contribution in [3.8, 4) is 28.3 Å². The van der Waals surface area contributed by atoms with Gasteiger partial charge in [0.2, 0.25) is 0 Å². The molecule has 0 fully saturated rings. The Kier molecular flexibility index (Phi) is 2.98. The molecule has 19 heavy (non-hydrogen) atoms. The van der Waals surface area contributed by atoms with Crippen molar-refractivity contribution in [3.63, 3.8) is 0 Å². The van der Waals surface area contributed by atoms with E-state index in [0.29, 0.717) is 5.76 Å². The zero-order chi connectivity index (χ0) is 13.1. The van der Waals surface area contributed by atoms with Crippen LogP contribution in [0.15, 0.2) is 59.4 Å². The SMILES string of the molecule is COc1ccccc1-c1cc(-c2cccnc2)on1. The molecule has 0 bridgehead atoms. The number of methoxy groups -OCH3 is 1. The number of para-hydroxylation sites is 1. The number of pyridine rings is 1. The second kappa shape index (κ2) is 4.94. The fourth-order valence-electron chi connectivity index (χ4n) is 1.90. The van der Waals surface area contributed by atoms with Gasteiger partial charge in [0, 0.05) is 29.6 Å². The molecule has 0 aliphatic carbocycles. The van der Waals surface area contributed by atoms with E-state index in [2.05, 4.69) is 10.1 Å². The summed E-state index contributed by atoms with van der Waals surface area (Å²) in [5, 5.41) is 4.09. The van der Waals surface area contributed by atoms with Crippen molar-refractivity contribution < 1.29 is 9.26 Å². The topological polar surface area (TPSA) is 48.2 Å². The molecule has 0 atom stereocenters. The molecule has 3 rings (SSSR count). The van der Waals surface area contributed by atoms with E-state index in [4.69, 9.17) is 9.26 Å². The molecule has 0 aliphatic rings. The van der Waals surface area contributed by atoms with Crippen LogP contribution in [-0.2, 0) is 0 Å². The maximum absolute atomic E-state index is 5.36. The normalized spacial score (nSPS) is 10.4. The smallest absolute Gasteiger partial charge is 0.169 e. The second-order valence-corrected chi connectivity index (χ2v) is 4.02. The summed E-state index contributed by atoms with van der Waals surface area (Å²) in [5.74, 6) is 1.46. The molecule has 1 aromatic carbocycles. The quantitative estimate of drug-likeness (QED) is 0.716. The van der Waals surface area contributed by atoms with E-state index in [0.717, 1.165) is 22.6 Å². The van der Waals surface area contributed by atoms with E-state index in [1.54, 1.807) is 19.5 Å². The molecular weight excluding hydrogens is 240 g/mol. The highest BCUT2D eigenvalue weighted by Gasteiger charge is 2.11. The highest BCUT2D eigenvalue weighted by molar-refractivity contribution is 5.70. The van der Waals surface area contributed by atoms with E-state index >= 15 is 0 Å². The van der Waals surface area contributed by atoms with E-state index in [9.17, 15) is 0 Å². The van der Waals surface area contributed by atoms with Gasteiger partial charge < -0.3 is 9.26 Å². The van der Waals surface area contributed by atoms with Crippen molar-refractivity contribution in [2.75, 3.05) is 7.11 Å². The first kappa shape index (κ1) is 11.5. The average molecular weight is 252 g/mol. The summed E-state index contributed by atoms with van der Waals surface area (Å²) in [6.45, 7) is 0. The van der Waals surface area contributed by atoms with Crippen molar-refractivity contribution in [3.05, 3.63) is 54.9 Å². The number of benzene rings is 1. The van der Waals surface area contributed by atoms with Crippen LogP contribution in [0, 0.1) is 0 Å². The summed E-state index contributed by atoms with van der Waals surface area (Å²) < 4.78 is 10.7. The monoisotopic (exact) mass is 252 g/mol. The molecule has 0 saturated heterocycles. The van der Waals surface area contributed by atoms with E-state index in [-0.39, 0.29) is 0 Å². The Morgan fingerprint density at radius 1 is 1.11 bits per heavy atom. The summed E-state index contributed by atoms with van der Waals surface area (Å²) in [6, 6.07) is 13.4. The van der Waals surface area contributed by atoms with Gasteiger partial charge in [-0.1, -0.05) is 17.3 Å². The third-order valence-corrected chi connectivity index (χ3v) is 2.84. The van der Waals surface area contributed by atoms with Crippen molar-refractivity contribution in [1.29, 1.82) is 0 Å². The van der Waals surface area contributed by atoms with Crippen LogP contribution >= 0.6 is 0 Å². The molecule has 2 aromatic heterocycles. The van der Waals surface area contributed by atoms with Crippen molar-refractivity contribution in [1.82, 2.24) is 10.1 Å². The van der Waals surface area contributed by atoms with Crippen LogP contribution in [0.4, 0.5) is 0 Å². The van der Waals surface area contributed by atoms with Gasteiger partial charge in [0.1, 0.15) is 11.4 Å². The summed E-state index contributed by atoms with van der Waals surface area (Å²) in [5.41, 5.74) is 2.55. The lowest BCUT2D eigenvalue weighted by atomic mass is 10.1. The molecule has 3 aromatic rings. The number of nitrogens with zero attached hydrogens (tertiary/aromatic N) is 2. The van der Waals surface area contributed by atoms with Crippen LogP contribution in [0.1, 0.15) is 0 Å². The second-order valence-electron chi connectivity index (χ2n) is 4.02. The molecule has 4 heteroatoms. The Morgan fingerprint density at radius 2 is 2.00 bits per heavy atom. The van der Waals surface area contributed by atoms with Gasteiger partial charge in [0.05, 0.1) is 7.11 Å². The zero-order valence-corrected chi connectivity index (χ0v) is 10.4. The van der Waals surface area contributed by atoms with Crippen LogP contribution in [0.2, 0.25) is 0 Å². The van der Waals surface area contributed by atoms with Crippen LogP contribution in [0.3, 0.4) is 0 Å². The molecular formula is C15H12N2O2. The Bertz CT molecular complexity index is 677. The number of ether oxygens (including phenoxy) is 1. The lowest BCUT2D eigenvalue weighted by Gasteiger charge is -2.03. The van der Waals surface area contributed by atoms with Crippen molar-refractivity contribution >= 4 is 0 Å². The van der Waals surface area contributed by atoms with E-state index < -0.39 is 0 Å². The average Bonchev–Trinajstić information content (AvgIpc) is 2.98. The van der Waals surface area contributed by atoms with Gasteiger partial charge in [-0.25, -0.2) is 0 Å². The number of aromatic nitrogens is 2. The first-order chi connectivity index (χ1) is 9.38. The van der Waals surface area contributed by atoms with Gasteiger partial charge in [0.25, 0.3) is 0 Å². The zero-order valence-electron chi connectivity index (χ0n) is 10.4. The Morgan fingerprint density at radius 3 is 2.79 bits per heavy atom. The minimum atomic E-state index is 0.689. The van der Waals surface area contributed by atoms with Gasteiger partial charge in [-0.15, -0.1) is 0 Å². The molecule has 0 N–H and O–H groups in total. The first-order valence-corrected chi connectivity index (χ1v) is 5.89. The molecule has 2 heterocycles. The maximum atomic E-state index is 5.36. The van der Waals surface area contributed by atoms with Gasteiger partial charge in [0.15, 0.2) is 5.76 Å². The molecule has 94 valence electrons. The van der Waals surface area contributed by atoms with E-state index in [1.165, 1.54) is 0 Å². The van der Waals surface area contributed by atoms with Crippen molar-refractivity contribution in [2.24, 2.45) is 0 Å². The number of hydrogen-bond acceptors (Lipinski definition) is 4. The lowest BCUT2D eigenvalue weighted by molar-refractivity contribution is 0.413. The summed E-state index contributed by atoms with van der Waals surface area (Å²) in [6.07, 6.45) is 3.47. The summed E-state index contributed by atoms with van der Waals surface area (Å²) in [7, 11) is 1.64. The van der Waals surface area contributed by atoms with Crippen molar-refractivity contribution in [2.45, 2.75) is 0 Å². The Balaban J connectivity index is 2.02. The largest absolute Gasteiger partial charge is 0.496 e. The van der Waals surface area contributed by atoms with Gasteiger partial charge in [-0.05, 0) is 24.3 Å². The predicted octanol–water partition coefficient (Wildman–Crippen LogP) is 3.41. The fourth-order valence-corrected chi connectivity index (χ4v) is 1.90. The molecule has 0 aliphatic heterocycles. The predicted molar refractivity (Wildman–Crippen MR) is 71.7 cm³/mol. The molecule has 0 spiro atoms. The third-order valence-electron chi connectivity index (χ3n) is 2.84. The summed E-state index contributed by atoms with van der Waals surface area (Å²) in [4.78, 5) is 4.06. The minimum absolute atomic E-state index is 0.689. The highest BCUT2D eigenvalue weighted by atomic mass is 16.5. The maximum Gasteiger partial charge on any atom is 0.169 e. The van der Waals surface area contributed by atoms with Crippen LogP contribution < -0.4 is 4.74 Å². The fraction of sp³-hybridized carbons (Fsp3) is 0.0667.